The lowest BCUT2D eigenvalue weighted by Gasteiger charge is -2.32. The molecule has 1 fully saturated rings. The van der Waals surface area contributed by atoms with Gasteiger partial charge in [-0.05, 0) is 38.6 Å². The molecule has 1 saturated heterocycles. The molecule has 0 amide bonds. The Bertz CT molecular complexity index is 496. The highest BCUT2D eigenvalue weighted by molar-refractivity contribution is 5.56. The van der Waals surface area contributed by atoms with E-state index in [9.17, 15) is 8.78 Å². The molecular formula is C14H18F2N2O2. The topological polar surface area (TPSA) is 33.7 Å². The number of nitrogens with one attached hydrogen (secondary N) is 1. The molecule has 6 heteroatoms. The van der Waals surface area contributed by atoms with Gasteiger partial charge >= 0.3 is 6.29 Å². The highest BCUT2D eigenvalue weighted by Crippen LogP contribution is 2.42. The quantitative estimate of drug-likeness (QED) is 0.925. The van der Waals surface area contributed by atoms with E-state index in [2.05, 4.69) is 26.7 Å². The van der Waals surface area contributed by atoms with Crippen molar-refractivity contribution < 1.29 is 18.3 Å². The maximum atomic E-state index is 12.9. The molecule has 3 rings (SSSR count). The van der Waals surface area contributed by atoms with Gasteiger partial charge in [0.2, 0.25) is 0 Å². The maximum absolute atomic E-state index is 12.9. The first kappa shape index (κ1) is 13.4. The molecule has 0 aromatic heterocycles. The van der Waals surface area contributed by atoms with E-state index < -0.39 is 6.29 Å². The first-order valence-corrected chi connectivity index (χ1v) is 6.87. The average molecular weight is 284 g/mol. The van der Waals surface area contributed by atoms with Gasteiger partial charge < -0.3 is 19.7 Å². The molecule has 2 aliphatic heterocycles. The number of ether oxygens (including phenoxy) is 2. The van der Waals surface area contributed by atoms with Crippen LogP contribution in [0.15, 0.2) is 18.2 Å². The third-order valence-electron chi connectivity index (χ3n) is 3.86. The fourth-order valence-electron chi connectivity index (χ4n) is 2.70. The zero-order valence-corrected chi connectivity index (χ0v) is 11.4. The highest BCUT2D eigenvalue weighted by atomic mass is 19.3. The van der Waals surface area contributed by atoms with E-state index in [0.29, 0.717) is 6.04 Å². The standard InChI is InChI=1S/C14H18F2N2O2/c1-18-7-3-2-4-11(18)9-17-10-5-6-12-13(8-10)20-14(15,16)19-12/h5-6,8,11,17H,2-4,7,9H2,1H3. The van der Waals surface area contributed by atoms with E-state index in [1.807, 2.05) is 0 Å². The van der Waals surface area contributed by atoms with Crippen molar-refractivity contribution in [2.45, 2.75) is 31.6 Å². The van der Waals surface area contributed by atoms with Gasteiger partial charge in [0.1, 0.15) is 0 Å². The van der Waals surface area contributed by atoms with Crippen molar-refractivity contribution in [2.75, 3.05) is 25.5 Å². The van der Waals surface area contributed by atoms with Crippen molar-refractivity contribution in [3.05, 3.63) is 18.2 Å². The third kappa shape index (κ3) is 2.80. The Morgan fingerprint density at radius 1 is 1.30 bits per heavy atom. The average Bonchev–Trinajstić information content (AvgIpc) is 2.71. The lowest BCUT2D eigenvalue weighted by molar-refractivity contribution is -0.286. The minimum atomic E-state index is -3.55. The summed E-state index contributed by atoms with van der Waals surface area (Å²) in [7, 11) is 2.12. The number of fused-ring (bicyclic) bond motifs is 1. The number of rotatable bonds is 3. The number of halogens is 2. The molecule has 0 spiro atoms. The van der Waals surface area contributed by atoms with E-state index in [-0.39, 0.29) is 11.5 Å². The first-order chi connectivity index (χ1) is 9.53. The summed E-state index contributed by atoms with van der Waals surface area (Å²) < 4.78 is 34.7. The summed E-state index contributed by atoms with van der Waals surface area (Å²) in [5.41, 5.74) is 0.768. The van der Waals surface area contributed by atoms with Gasteiger partial charge in [0.25, 0.3) is 0 Å². The summed E-state index contributed by atoms with van der Waals surface area (Å²) in [4.78, 5) is 2.33. The fraction of sp³-hybridized carbons (Fsp3) is 0.571. The molecule has 20 heavy (non-hydrogen) atoms. The molecule has 1 N–H and O–H groups in total. The summed E-state index contributed by atoms with van der Waals surface area (Å²) in [6.07, 6.45) is 0.0901. The number of nitrogens with zero attached hydrogens (tertiary/aromatic N) is 1. The third-order valence-corrected chi connectivity index (χ3v) is 3.86. The summed E-state index contributed by atoms with van der Waals surface area (Å²) in [5, 5.41) is 3.28. The van der Waals surface area contributed by atoms with Crippen molar-refractivity contribution in [3.8, 4) is 11.5 Å². The van der Waals surface area contributed by atoms with Crippen LogP contribution in [0.25, 0.3) is 0 Å². The summed E-state index contributed by atoms with van der Waals surface area (Å²) in [5.74, 6) is 0.160. The molecule has 110 valence electrons. The Kier molecular flexibility index (Phi) is 3.41. The Labute approximate surface area is 116 Å². The van der Waals surface area contributed by atoms with E-state index in [1.165, 1.54) is 18.9 Å². The number of piperidine rings is 1. The molecule has 0 bridgehead atoms. The molecule has 1 aromatic rings. The molecular weight excluding hydrogens is 266 g/mol. The number of anilines is 1. The lowest BCUT2D eigenvalue weighted by atomic mass is 10.0. The van der Waals surface area contributed by atoms with Crippen LogP contribution in [-0.4, -0.2) is 37.4 Å². The minimum absolute atomic E-state index is 0.0790. The molecule has 4 nitrogen and oxygen atoms in total. The number of hydrogen-bond donors (Lipinski definition) is 1. The molecule has 1 aromatic carbocycles. The number of hydrogen-bond acceptors (Lipinski definition) is 4. The van der Waals surface area contributed by atoms with Crippen LogP contribution in [0, 0.1) is 0 Å². The minimum Gasteiger partial charge on any atom is -0.395 e. The molecule has 0 radical (unpaired) electrons. The number of alkyl halides is 2. The van der Waals surface area contributed by atoms with E-state index in [4.69, 9.17) is 0 Å². The van der Waals surface area contributed by atoms with Gasteiger partial charge in [-0.3, -0.25) is 0 Å². The number of likely N-dealkylation sites (tertiary alicyclic amines) is 1. The van der Waals surface area contributed by atoms with E-state index >= 15 is 0 Å². The molecule has 1 unspecified atom stereocenters. The molecule has 2 heterocycles. The largest absolute Gasteiger partial charge is 0.586 e. The highest BCUT2D eigenvalue weighted by Gasteiger charge is 2.43. The van der Waals surface area contributed by atoms with Gasteiger partial charge in [-0.25, -0.2) is 0 Å². The van der Waals surface area contributed by atoms with Crippen LogP contribution in [0.2, 0.25) is 0 Å². The summed E-state index contributed by atoms with van der Waals surface area (Å²) >= 11 is 0. The van der Waals surface area contributed by atoms with E-state index in [0.717, 1.165) is 25.2 Å². The van der Waals surface area contributed by atoms with E-state index in [1.54, 1.807) is 12.1 Å². The van der Waals surface area contributed by atoms with Crippen LogP contribution in [-0.2, 0) is 0 Å². The maximum Gasteiger partial charge on any atom is 0.586 e. The molecule has 0 saturated carbocycles. The second kappa shape index (κ2) is 5.09. The van der Waals surface area contributed by atoms with Crippen LogP contribution < -0.4 is 14.8 Å². The van der Waals surface area contributed by atoms with Crippen molar-refractivity contribution in [3.63, 3.8) is 0 Å². The van der Waals surface area contributed by atoms with Crippen molar-refractivity contribution in [2.24, 2.45) is 0 Å². The number of benzene rings is 1. The fourth-order valence-corrected chi connectivity index (χ4v) is 2.70. The zero-order chi connectivity index (χ0) is 14.2. The van der Waals surface area contributed by atoms with Crippen LogP contribution in [0.3, 0.4) is 0 Å². The Balaban J connectivity index is 1.62. The van der Waals surface area contributed by atoms with Crippen molar-refractivity contribution >= 4 is 5.69 Å². The van der Waals surface area contributed by atoms with Crippen LogP contribution in [0.1, 0.15) is 19.3 Å². The molecule has 0 aliphatic carbocycles. The van der Waals surface area contributed by atoms with Gasteiger partial charge in [0.15, 0.2) is 11.5 Å². The first-order valence-electron chi connectivity index (χ1n) is 6.87. The second-order valence-electron chi connectivity index (χ2n) is 5.34. The van der Waals surface area contributed by atoms with Gasteiger partial charge in [0, 0.05) is 24.3 Å². The smallest absolute Gasteiger partial charge is 0.395 e. The SMILES string of the molecule is CN1CCCCC1CNc1ccc2c(c1)OC(F)(F)O2. The van der Waals surface area contributed by atoms with Crippen molar-refractivity contribution in [1.82, 2.24) is 4.90 Å². The van der Waals surface area contributed by atoms with Crippen LogP contribution >= 0.6 is 0 Å². The normalized spacial score (nSPS) is 24.6. The lowest BCUT2D eigenvalue weighted by Crippen LogP contribution is -2.40. The summed E-state index contributed by atoms with van der Waals surface area (Å²) in [6, 6.07) is 5.27. The Morgan fingerprint density at radius 2 is 2.10 bits per heavy atom. The molecule has 2 aliphatic rings. The van der Waals surface area contributed by atoms with Gasteiger partial charge in [-0.1, -0.05) is 6.42 Å². The monoisotopic (exact) mass is 284 g/mol. The Morgan fingerprint density at radius 3 is 2.90 bits per heavy atom. The number of likely N-dealkylation sites (N-methyl/N-ethyl adjacent to an activating group) is 1. The van der Waals surface area contributed by atoms with Crippen LogP contribution in [0.5, 0.6) is 11.5 Å². The molecule has 1 atom stereocenters. The zero-order valence-electron chi connectivity index (χ0n) is 11.4. The predicted octanol–water partition coefficient (Wildman–Crippen LogP) is 2.90. The van der Waals surface area contributed by atoms with Gasteiger partial charge in [-0.2, -0.15) is 0 Å². The predicted molar refractivity (Wildman–Crippen MR) is 71.4 cm³/mol. The summed E-state index contributed by atoms with van der Waals surface area (Å²) in [6.45, 7) is 1.91. The van der Waals surface area contributed by atoms with Crippen molar-refractivity contribution in [1.29, 1.82) is 0 Å². The van der Waals surface area contributed by atoms with Gasteiger partial charge in [0.05, 0.1) is 0 Å². The second-order valence-corrected chi connectivity index (χ2v) is 5.34. The van der Waals surface area contributed by atoms with Gasteiger partial charge in [-0.15, -0.1) is 8.78 Å². The van der Waals surface area contributed by atoms with Crippen LogP contribution in [0.4, 0.5) is 14.5 Å². The Hall–Kier alpha value is -1.56.